The van der Waals surface area contributed by atoms with Crippen molar-refractivity contribution >= 4 is 38.9 Å². The molecule has 2 atom stereocenters. The first-order valence-electron chi connectivity index (χ1n) is 7.46. The van der Waals surface area contributed by atoms with Gasteiger partial charge in [0.1, 0.15) is 4.34 Å². The molecule has 1 aliphatic carbocycles. The molecule has 0 amide bonds. The van der Waals surface area contributed by atoms with Crippen LogP contribution in [-0.2, 0) is 6.42 Å². The minimum absolute atomic E-state index is 0.352. The Morgan fingerprint density at radius 3 is 2.95 bits per heavy atom. The summed E-state index contributed by atoms with van der Waals surface area (Å²) in [5, 5.41) is 3.68. The van der Waals surface area contributed by atoms with Crippen LogP contribution in [0.4, 0.5) is 0 Å². The number of likely N-dealkylation sites (N-methyl/N-ethyl adjacent to an activating group) is 1. The van der Waals surface area contributed by atoms with Crippen molar-refractivity contribution in [2.75, 3.05) is 6.54 Å². The van der Waals surface area contributed by atoms with E-state index in [4.69, 9.17) is 11.6 Å². The lowest BCUT2D eigenvalue weighted by Crippen LogP contribution is -2.28. The van der Waals surface area contributed by atoms with Crippen molar-refractivity contribution in [3.63, 3.8) is 0 Å². The summed E-state index contributed by atoms with van der Waals surface area (Å²) < 4.78 is 1.85. The molecule has 1 heterocycles. The number of hydrogen-bond donors (Lipinski definition) is 1. The first-order valence-corrected chi connectivity index (χ1v) is 9.45. The normalized spacial score (nSPS) is 19.3. The van der Waals surface area contributed by atoms with Crippen LogP contribution >= 0.6 is 38.9 Å². The third-order valence-corrected chi connectivity index (χ3v) is 6.77. The second kappa shape index (κ2) is 6.82. The quantitative estimate of drug-likeness (QED) is 0.688. The Bertz CT molecular complexity index is 606. The summed E-state index contributed by atoms with van der Waals surface area (Å²) in [7, 11) is 0. The van der Waals surface area contributed by atoms with E-state index in [1.54, 1.807) is 11.3 Å². The van der Waals surface area contributed by atoms with Gasteiger partial charge in [0.25, 0.3) is 0 Å². The summed E-state index contributed by atoms with van der Waals surface area (Å²) in [5.74, 6) is 0.538. The number of aryl methyl sites for hydroxylation is 1. The predicted molar refractivity (Wildman–Crippen MR) is 95.6 cm³/mol. The number of nitrogens with one attached hydrogen (secondary N) is 1. The zero-order chi connectivity index (χ0) is 14.8. The summed E-state index contributed by atoms with van der Waals surface area (Å²) in [6.45, 7) is 3.14. The van der Waals surface area contributed by atoms with Crippen molar-refractivity contribution in [3.8, 4) is 0 Å². The largest absolute Gasteiger partial charge is 0.309 e. The summed E-state index contributed by atoms with van der Waals surface area (Å²) in [6.07, 6.45) is 3.71. The molecule has 3 rings (SSSR count). The second-order valence-corrected chi connectivity index (χ2v) is 8.04. The van der Waals surface area contributed by atoms with Crippen molar-refractivity contribution in [1.82, 2.24) is 5.32 Å². The van der Waals surface area contributed by atoms with Gasteiger partial charge in [-0.15, -0.1) is 11.3 Å². The van der Waals surface area contributed by atoms with E-state index in [1.165, 1.54) is 35.3 Å². The molecule has 0 saturated carbocycles. The Labute approximate surface area is 143 Å². The van der Waals surface area contributed by atoms with Crippen LogP contribution in [0.15, 0.2) is 34.8 Å². The maximum Gasteiger partial charge on any atom is 0.107 e. The van der Waals surface area contributed by atoms with E-state index < -0.39 is 0 Å². The molecule has 1 aromatic carbocycles. The molecule has 1 nitrogen and oxygen atoms in total. The Morgan fingerprint density at radius 1 is 1.43 bits per heavy atom. The first kappa shape index (κ1) is 15.5. The van der Waals surface area contributed by atoms with Gasteiger partial charge in [0, 0.05) is 21.3 Å². The lowest BCUT2D eigenvalue weighted by atomic mass is 9.78. The van der Waals surface area contributed by atoms with Gasteiger partial charge in [0.05, 0.1) is 0 Å². The van der Waals surface area contributed by atoms with Gasteiger partial charge in [-0.1, -0.05) is 42.8 Å². The van der Waals surface area contributed by atoms with Crippen molar-refractivity contribution in [3.05, 3.63) is 55.1 Å². The number of thiophene rings is 1. The van der Waals surface area contributed by atoms with Gasteiger partial charge in [0.2, 0.25) is 0 Å². The Balaban J connectivity index is 1.98. The molecule has 0 fully saturated rings. The fourth-order valence-corrected chi connectivity index (χ4v) is 5.19. The van der Waals surface area contributed by atoms with Gasteiger partial charge in [-0.25, -0.2) is 0 Å². The van der Waals surface area contributed by atoms with E-state index >= 15 is 0 Å². The van der Waals surface area contributed by atoms with Crippen LogP contribution in [0.5, 0.6) is 0 Å². The molecule has 1 aliphatic rings. The predicted octanol–water partition coefficient (Wildman–Crippen LogP) is 5.93. The maximum absolute atomic E-state index is 6.26. The summed E-state index contributed by atoms with van der Waals surface area (Å²) >= 11 is 11.5. The monoisotopic (exact) mass is 383 g/mol. The molecule has 0 aliphatic heterocycles. The van der Waals surface area contributed by atoms with E-state index in [1.807, 2.05) is 0 Å². The SMILES string of the molecule is CCNC(c1cc(Br)c(Cl)s1)C1CCCc2ccccc21. The van der Waals surface area contributed by atoms with Crippen molar-refractivity contribution in [2.24, 2.45) is 0 Å². The van der Waals surface area contributed by atoms with Crippen LogP contribution in [0.1, 0.15) is 47.7 Å². The number of rotatable bonds is 4. The standard InChI is InChI=1S/C17H19BrClNS/c1-2-20-16(15-10-14(18)17(19)21-15)13-9-5-7-11-6-3-4-8-12(11)13/h3-4,6,8,10,13,16,20H,2,5,7,9H2,1H3. The van der Waals surface area contributed by atoms with Crippen LogP contribution in [-0.4, -0.2) is 6.54 Å². The van der Waals surface area contributed by atoms with E-state index in [0.717, 1.165) is 15.4 Å². The molecule has 0 spiro atoms. The average Bonchev–Trinajstić information content (AvgIpc) is 2.84. The fraction of sp³-hybridized carbons (Fsp3) is 0.412. The Morgan fingerprint density at radius 2 is 2.24 bits per heavy atom. The molecular weight excluding hydrogens is 366 g/mol. The highest BCUT2D eigenvalue weighted by atomic mass is 79.9. The van der Waals surface area contributed by atoms with E-state index in [0.29, 0.717) is 12.0 Å². The van der Waals surface area contributed by atoms with Crippen LogP contribution in [0.2, 0.25) is 4.34 Å². The van der Waals surface area contributed by atoms with Crippen LogP contribution in [0.3, 0.4) is 0 Å². The highest BCUT2D eigenvalue weighted by molar-refractivity contribution is 9.10. The minimum Gasteiger partial charge on any atom is -0.309 e. The summed E-state index contributed by atoms with van der Waals surface area (Å²) in [6, 6.07) is 11.4. The molecule has 4 heteroatoms. The lowest BCUT2D eigenvalue weighted by Gasteiger charge is -2.32. The van der Waals surface area contributed by atoms with Gasteiger partial charge < -0.3 is 5.32 Å². The number of fused-ring (bicyclic) bond motifs is 1. The second-order valence-electron chi connectivity index (χ2n) is 5.50. The molecule has 0 saturated heterocycles. The topological polar surface area (TPSA) is 12.0 Å². The zero-order valence-electron chi connectivity index (χ0n) is 12.0. The number of benzene rings is 1. The van der Waals surface area contributed by atoms with Gasteiger partial charge in [-0.2, -0.15) is 0 Å². The maximum atomic E-state index is 6.26. The van der Waals surface area contributed by atoms with Gasteiger partial charge >= 0.3 is 0 Å². The molecule has 21 heavy (non-hydrogen) atoms. The molecule has 1 N–H and O–H groups in total. The third-order valence-electron chi connectivity index (χ3n) is 4.21. The van der Waals surface area contributed by atoms with Crippen LogP contribution in [0.25, 0.3) is 0 Å². The van der Waals surface area contributed by atoms with Gasteiger partial charge in [-0.3, -0.25) is 0 Å². The van der Waals surface area contributed by atoms with Crippen molar-refractivity contribution in [1.29, 1.82) is 0 Å². The third kappa shape index (κ3) is 3.21. The van der Waals surface area contributed by atoms with E-state index in [2.05, 4.69) is 58.5 Å². The smallest absolute Gasteiger partial charge is 0.107 e. The molecule has 0 bridgehead atoms. The Hall–Kier alpha value is -0.350. The molecule has 112 valence electrons. The summed E-state index contributed by atoms with van der Waals surface area (Å²) in [5.41, 5.74) is 3.02. The number of halogens is 2. The van der Waals surface area contributed by atoms with Gasteiger partial charge in [0.15, 0.2) is 0 Å². The fourth-order valence-electron chi connectivity index (χ4n) is 3.32. The van der Waals surface area contributed by atoms with Crippen LogP contribution < -0.4 is 5.32 Å². The zero-order valence-corrected chi connectivity index (χ0v) is 15.2. The van der Waals surface area contributed by atoms with Gasteiger partial charge in [-0.05, 0) is 58.9 Å². The number of hydrogen-bond acceptors (Lipinski definition) is 2. The highest BCUT2D eigenvalue weighted by Gasteiger charge is 2.29. The lowest BCUT2D eigenvalue weighted by molar-refractivity contribution is 0.413. The van der Waals surface area contributed by atoms with E-state index in [9.17, 15) is 0 Å². The average molecular weight is 385 g/mol. The van der Waals surface area contributed by atoms with Crippen molar-refractivity contribution < 1.29 is 0 Å². The van der Waals surface area contributed by atoms with E-state index in [-0.39, 0.29) is 0 Å². The van der Waals surface area contributed by atoms with Crippen LogP contribution in [0, 0.1) is 0 Å². The molecule has 2 aromatic rings. The minimum atomic E-state index is 0.352. The first-order chi connectivity index (χ1) is 10.2. The molecular formula is C17H19BrClNS. The molecule has 1 aromatic heterocycles. The highest BCUT2D eigenvalue weighted by Crippen LogP contribution is 2.44. The Kier molecular flexibility index (Phi) is 5.05. The van der Waals surface area contributed by atoms with Crippen molar-refractivity contribution in [2.45, 2.75) is 38.1 Å². The molecule has 0 radical (unpaired) electrons. The molecule has 2 unspecified atom stereocenters. The summed E-state index contributed by atoms with van der Waals surface area (Å²) in [4.78, 5) is 1.33.